The molecule has 0 saturated heterocycles. The Labute approximate surface area is 195 Å². The summed E-state index contributed by atoms with van der Waals surface area (Å²) in [5.41, 5.74) is 0. The topological polar surface area (TPSA) is 0 Å². The minimum absolute atomic E-state index is 0.523. The second-order valence-corrected chi connectivity index (χ2v) is 11.5. The lowest BCUT2D eigenvalue weighted by molar-refractivity contribution is 0.274. The Morgan fingerprint density at radius 2 is 0.800 bits per heavy atom. The summed E-state index contributed by atoms with van der Waals surface area (Å²) >= 11 is 0. The van der Waals surface area contributed by atoms with E-state index >= 15 is 0 Å². The Hall–Kier alpha value is 0.430. The molecule has 30 heavy (non-hydrogen) atoms. The molecule has 0 fully saturated rings. The minimum atomic E-state index is 0.523. The van der Waals surface area contributed by atoms with Crippen LogP contribution in [0.3, 0.4) is 0 Å². The highest BCUT2D eigenvalue weighted by Gasteiger charge is 2.32. The van der Waals surface area contributed by atoms with Crippen LogP contribution in [0.4, 0.5) is 0 Å². The fourth-order valence-corrected chi connectivity index (χ4v) is 5.98. The van der Waals surface area contributed by atoms with Crippen LogP contribution in [0.5, 0.6) is 0 Å². The molecule has 2 atom stereocenters. The van der Waals surface area contributed by atoms with Crippen molar-refractivity contribution in [3.63, 3.8) is 0 Å². The average Bonchev–Trinajstić information content (AvgIpc) is 2.74. The quantitative estimate of drug-likeness (QED) is 0.103. The highest BCUT2D eigenvalue weighted by molar-refractivity contribution is 7.19. The first-order valence-corrected chi connectivity index (χ1v) is 15.0. The number of hydrogen-bond donors (Lipinski definition) is 0. The van der Waals surface area contributed by atoms with Crippen LogP contribution in [0.1, 0.15) is 175 Å². The van der Waals surface area contributed by atoms with Crippen LogP contribution in [-0.4, -0.2) is 5.16 Å². The molecule has 0 aliphatic heterocycles. The lowest BCUT2D eigenvalue weighted by Crippen LogP contribution is -2.32. The van der Waals surface area contributed by atoms with E-state index < -0.39 is 0 Å². The summed E-state index contributed by atoms with van der Waals surface area (Å²) in [6.07, 6.45) is 33.1. The van der Waals surface area contributed by atoms with Gasteiger partial charge in [-0.15, -0.1) is 9.24 Å². The van der Waals surface area contributed by atoms with E-state index in [9.17, 15) is 0 Å². The van der Waals surface area contributed by atoms with Crippen molar-refractivity contribution < 1.29 is 0 Å². The van der Waals surface area contributed by atoms with Gasteiger partial charge < -0.3 is 0 Å². The average molecular weight is 441 g/mol. The zero-order chi connectivity index (χ0) is 22.3. The molecule has 0 spiro atoms. The SMILES string of the molecule is CCCCCCCCC(CCC)C(P)(CCCCCCCC)CCCCCCCC. The molecule has 0 amide bonds. The van der Waals surface area contributed by atoms with Crippen molar-refractivity contribution >= 4 is 9.24 Å². The van der Waals surface area contributed by atoms with Gasteiger partial charge >= 0.3 is 0 Å². The van der Waals surface area contributed by atoms with Gasteiger partial charge in [-0.1, -0.05) is 150 Å². The van der Waals surface area contributed by atoms with Gasteiger partial charge in [-0.2, -0.15) is 0 Å². The number of unbranched alkanes of at least 4 members (excludes halogenated alkanes) is 15. The number of hydrogen-bond acceptors (Lipinski definition) is 0. The number of rotatable bonds is 24. The van der Waals surface area contributed by atoms with E-state index in [0.29, 0.717) is 5.16 Å². The van der Waals surface area contributed by atoms with Gasteiger partial charge in [0.1, 0.15) is 0 Å². The fourth-order valence-electron chi connectivity index (χ4n) is 5.24. The monoisotopic (exact) mass is 440 g/mol. The van der Waals surface area contributed by atoms with E-state index in [0.717, 1.165) is 5.92 Å². The Morgan fingerprint density at radius 3 is 1.20 bits per heavy atom. The predicted octanol–water partition coefficient (Wildman–Crippen LogP) is 11.3. The molecule has 0 nitrogen and oxygen atoms in total. The third-order valence-electron chi connectivity index (χ3n) is 7.35. The van der Waals surface area contributed by atoms with Crippen LogP contribution >= 0.6 is 9.24 Å². The molecule has 0 aromatic rings. The van der Waals surface area contributed by atoms with Crippen molar-refractivity contribution in [2.45, 2.75) is 181 Å². The first-order chi connectivity index (χ1) is 14.6. The summed E-state index contributed by atoms with van der Waals surface area (Å²) in [4.78, 5) is 0. The van der Waals surface area contributed by atoms with Crippen LogP contribution in [0.15, 0.2) is 0 Å². The molecule has 0 aromatic heterocycles. The fraction of sp³-hybridized carbons (Fsp3) is 1.00. The highest BCUT2D eigenvalue weighted by atomic mass is 31.0. The Morgan fingerprint density at radius 1 is 0.433 bits per heavy atom. The van der Waals surface area contributed by atoms with E-state index in [2.05, 4.69) is 36.9 Å². The molecule has 0 heterocycles. The summed E-state index contributed by atoms with van der Waals surface area (Å²) in [7, 11) is 3.46. The second kappa shape index (κ2) is 22.6. The smallest absolute Gasteiger partial charge is 0.0122 e. The van der Waals surface area contributed by atoms with Crippen molar-refractivity contribution in [1.82, 2.24) is 0 Å². The second-order valence-electron chi connectivity index (χ2n) is 10.3. The van der Waals surface area contributed by atoms with Crippen LogP contribution in [0.25, 0.3) is 0 Å². The molecular weight excluding hydrogens is 379 g/mol. The first kappa shape index (κ1) is 30.4. The minimum Gasteiger partial charge on any atom is -0.131 e. The van der Waals surface area contributed by atoms with Gasteiger partial charge in [0.15, 0.2) is 0 Å². The van der Waals surface area contributed by atoms with Crippen molar-refractivity contribution in [3.05, 3.63) is 0 Å². The maximum atomic E-state index is 3.46. The molecule has 2 unspecified atom stereocenters. The molecule has 0 radical (unpaired) electrons. The lowest BCUT2D eigenvalue weighted by atomic mass is 9.77. The van der Waals surface area contributed by atoms with Crippen LogP contribution < -0.4 is 0 Å². The van der Waals surface area contributed by atoms with Gasteiger partial charge in [0.05, 0.1) is 0 Å². The molecule has 0 bridgehead atoms. The molecular formula is C29H61P. The van der Waals surface area contributed by atoms with Crippen LogP contribution in [0, 0.1) is 5.92 Å². The van der Waals surface area contributed by atoms with Crippen molar-refractivity contribution in [2.24, 2.45) is 5.92 Å². The molecule has 0 aliphatic carbocycles. The Balaban J connectivity index is 4.60. The zero-order valence-corrected chi connectivity index (χ0v) is 23.1. The van der Waals surface area contributed by atoms with Crippen molar-refractivity contribution in [3.8, 4) is 0 Å². The largest absolute Gasteiger partial charge is 0.131 e. The van der Waals surface area contributed by atoms with Crippen molar-refractivity contribution in [2.75, 3.05) is 0 Å². The predicted molar refractivity (Wildman–Crippen MR) is 145 cm³/mol. The van der Waals surface area contributed by atoms with Gasteiger partial charge in [0.25, 0.3) is 0 Å². The van der Waals surface area contributed by atoms with E-state index in [4.69, 9.17) is 0 Å². The third kappa shape index (κ3) is 17.0. The summed E-state index contributed by atoms with van der Waals surface area (Å²) < 4.78 is 0. The van der Waals surface area contributed by atoms with Gasteiger partial charge in [-0.3, -0.25) is 0 Å². The molecule has 0 N–H and O–H groups in total. The van der Waals surface area contributed by atoms with Crippen molar-refractivity contribution in [1.29, 1.82) is 0 Å². The summed E-state index contributed by atoms with van der Waals surface area (Å²) in [5.74, 6) is 0.935. The highest BCUT2D eigenvalue weighted by Crippen LogP contribution is 2.43. The van der Waals surface area contributed by atoms with Crippen LogP contribution in [0.2, 0.25) is 0 Å². The molecule has 0 saturated carbocycles. The standard InChI is InChI=1S/C29H61P/c1-5-9-12-15-18-21-25-28(24-8-4)29(30,26-22-19-16-13-10-6-2)27-23-20-17-14-11-7-3/h28H,5-27,30H2,1-4H3. The maximum absolute atomic E-state index is 3.46. The van der Waals surface area contributed by atoms with Gasteiger partial charge in [0.2, 0.25) is 0 Å². The Bertz CT molecular complexity index is 308. The molecule has 0 rings (SSSR count). The summed E-state index contributed by atoms with van der Waals surface area (Å²) in [6.45, 7) is 9.39. The van der Waals surface area contributed by atoms with E-state index in [1.165, 1.54) is 148 Å². The zero-order valence-electron chi connectivity index (χ0n) is 21.9. The first-order valence-electron chi connectivity index (χ1n) is 14.4. The maximum Gasteiger partial charge on any atom is -0.0122 e. The van der Waals surface area contributed by atoms with Crippen LogP contribution in [-0.2, 0) is 0 Å². The van der Waals surface area contributed by atoms with E-state index in [1.807, 2.05) is 0 Å². The van der Waals surface area contributed by atoms with E-state index in [-0.39, 0.29) is 0 Å². The van der Waals surface area contributed by atoms with Gasteiger partial charge in [0, 0.05) is 0 Å². The van der Waals surface area contributed by atoms with Gasteiger partial charge in [-0.05, 0) is 36.8 Å². The van der Waals surface area contributed by atoms with Gasteiger partial charge in [-0.25, -0.2) is 0 Å². The lowest BCUT2D eigenvalue weighted by Gasteiger charge is -2.39. The molecule has 0 aliphatic rings. The summed E-state index contributed by atoms with van der Waals surface area (Å²) in [6, 6.07) is 0. The Kier molecular flexibility index (Phi) is 22.9. The van der Waals surface area contributed by atoms with E-state index in [1.54, 1.807) is 0 Å². The normalized spacial score (nSPS) is 13.1. The molecule has 1 heteroatoms. The molecule has 0 aromatic carbocycles. The summed E-state index contributed by atoms with van der Waals surface area (Å²) in [5, 5.41) is 0.523. The third-order valence-corrected chi connectivity index (χ3v) is 8.40. The molecule has 182 valence electrons.